The molecule has 1 N–H and O–H groups in total. The number of hydrogen-bond donors (Lipinski definition) is 1. The van der Waals surface area contributed by atoms with Gasteiger partial charge in [0.1, 0.15) is 6.23 Å². The summed E-state index contributed by atoms with van der Waals surface area (Å²) in [5, 5.41) is 10.7. The molecule has 0 unspecified atom stereocenters. The number of nitrogens with zero attached hydrogens (tertiary/aromatic N) is 1. The number of fused-ring (bicyclic) bond motifs is 3. The number of rotatable bonds is 3. The lowest BCUT2D eigenvalue weighted by Crippen LogP contribution is -2.51. The van der Waals surface area contributed by atoms with Gasteiger partial charge in [-0.1, -0.05) is 48.5 Å². The predicted molar refractivity (Wildman–Crippen MR) is 90.7 cm³/mol. The highest BCUT2D eigenvalue weighted by Gasteiger charge is 2.66. The summed E-state index contributed by atoms with van der Waals surface area (Å²) in [6, 6.07) is 16.6. The van der Waals surface area contributed by atoms with Gasteiger partial charge < -0.3 is 9.84 Å². The molecule has 0 aromatic heterocycles. The van der Waals surface area contributed by atoms with E-state index in [0.717, 1.165) is 5.56 Å². The third-order valence-corrected chi connectivity index (χ3v) is 5.20. The molecule has 0 spiro atoms. The van der Waals surface area contributed by atoms with Crippen molar-refractivity contribution in [3.63, 3.8) is 0 Å². The van der Waals surface area contributed by atoms with Crippen LogP contribution in [0.3, 0.4) is 0 Å². The molecule has 3 atom stereocenters. The van der Waals surface area contributed by atoms with Crippen LogP contribution in [0.25, 0.3) is 0 Å². The molecule has 2 aliphatic rings. The fraction of sp³-hybridized carbons (Fsp3) is 0.300. The Hall–Kier alpha value is -2.66. The molecule has 1 amide bonds. The smallest absolute Gasteiger partial charge is 0.337 e. The molecular weight excluding hydrogens is 318 g/mol. The Morgan fingerprint density at radius 1 is 1.20 bits per heavy atom. The van der Waals surface area contributed by atoms with E-state index in [1.807, 2.05) is 36.4 Å². The second-order valence-electron chi connectivity index (χ2n) is 6.39. The summed E-state index contributed by atoms with van der Waals surface area (Å²) in [6.07, 6.45) is -0.738. The van der Waals surface area contributed by atoms with E-state index < -0.39 is 17.7 Å². The van der Waals surface area contributed by atoms with Gasteiger partial charge in [0.15, 0.2) is 5.54 Å². The number of esters is 1. The van der Waals surface area contributed by atoms with Crippen molar-refractivity contribution in [1.29, 1.82) is 0 Å². The van der Waals surface area contributed by atoms with E-state index in [2.05, 4.69) is 0 Å². The molecule has 2 aromatic carbocycles. The maximum Gasteiger partial charge on any atom is 0.337 e. The number of carbonyl (C=O) groups is 2. The van der Waals surface area contributed by atoms with Crippen molar-refractivity contribution < 1.29 is 19.4 Å². The molecule has 2 aromatic rings. The van der Waals surface area contributed by atoms with E-state index in [1.165, 1.54) is 4.90 Å². The maximum absolute atomic E-state index is 13.2. The van der Waals surface area contributed by atoms with E-state index in [0.29, 0.717) is 17.5 Å². The maximum atomic E-state index is 13.2. The van der Waals surface area contributed by atoms with Crippen LogP contribution in [0.15, 0.2) is 54.6 Å². The van der Waals surface area contributed by atoms with Crippen LogP contribution in [-0.4, -0.2) is 34.7 Å². The number of aliphatic hydroxyl groups excluding tert-OH is 1. The molecule has 0 radical (unpaired) electrons. The number of amides is 1. The third-order valence-electron chi connectivity index (χ3n) is 5.20. The van der Waals surface area contributed by atoms with Crippen molar-refractivity contribution in [3.05, 3.63) is 71.3 Å². The highest BCUT2D eigenvalue weighted by molar-refractivity contribution is 6.07. The van der Waals surface area contributed by atoms with Gasteiger partial charge in [-0.2, -0.15) is 0 Å². The molecule has 4 rings (SSSR count). The van der Waals surface area contributed by atoms with Crippen molar-refractivity contribution in [2.75, 3.05) is 6.61 Å². The molecule has 5 nitrogen and oxygen atoms in total. The van der Waals surface area contributed by atoms with E-state index >= 15 is 0 Å². The number of hydrogen-bond acceptors (Lipinski definition) is 4. The molecule has 1 saturated heterocycles. The van der Waals surface area contributed by atoms with Crippen molar-refractivity contribution >= 4 is 11.9 Å². The number of benzene rings is 2. The first kappa shape index (κ1) is 15.8. The lowest BCUT2D eigenvalue weighted by molar-refractivity contribution is -0.158. The predicted octanol–water partition coefficient (Wildman–Crippen LogP) is 2.41. The lowest BCUT2D eigenvalue weighted by Gasteiger charge is -2.36. The highest BCUT2D eigenvalue weighted by Crippen LogP contribution is 2.56. The fourth-order valence-electron chi connectivity index (χ4n) is 4.29. The molecule has 2 aliphatic heterocycles. The largest absolute Gasteiger partial charge is 0.464 e. The van der Waals surface area contributed by atoms with Gasteiger partial charge in [-0.3, -0.25) is 9.69 Å². The molecule has 5 heteroatoms. The Balaban J connectivity index is 1.99. The van der Waals surface area contributed by atoms with Crippen LogP contribution >= 0.6 is 0 Å². The normalized spacial score (nSPS) is 27.1. The summed E-state index contributed by atoms with van der Waals surface area (Å²) in [6.45, 7) is 1.95. The van der Waals surface area contributed by atoms with Crippen molar-refractivity contribution in [3.8, 4) is 0 Å². The Bertz CT molecular complexity index is 835. The van der Waals surface area contributed by atoms with E-state index in [9.17, 15) is 14.7 Å². The SMILES string of the molecule is CCOC(=O)[C@@]12c3ccccc3C(=O)N1[C@@H](O)C[C@@H]2c1ccccc1. The molecule has 0 aliphatic carbocycles. The van der Waals surface area contributed by atoms with Crippen LogP contribution in [0.4, 0.5) is 0 Å². The Kier molecular flexibility index (Phi) is 3.62. The zero-order valence-electron chi connectivity index (χ0n) is 13.9. The summed E-state index contributed by atoms with van der Waals surface area (Å²) < 4.78 is 5.39. The fourth-order valence-corrected chi connectivity index (χ4v) is 4.29. The van der Waals surface area contributed by atoms with Gasteiger partial charge in [0.05, 0.1) is 6.61 Å². The minimum absolute atomic E-state index is 0.211. The molecule has 1 fully saturated rings. The second kappa shape index (κ2) is 5.70. The first-order valence-corrected chi connectivity index (χ1v) is 8.45. The van der Waals surface area contributed by atoms with Gasteiger partial charge in [-0.25, -0.2) is 4.79 Å². The summed E-state index contributed by atoms with van der Waals surface area (Å²) >= 11 is 0. The van der Waals surface area contributed by atoms with Crippen LogP contribution in [0.2, 0.25) is 0 Å². The minimum atomic E-state index is -1.32. The van der Waals surface area contributed by atoms with Gasteiger partial charge >= 0.3 is 5.97 Å². The molecular formula is C20H19NO4. The zero-order valence-corrected chi connectivity index (χ0v) is 13.9. The van der Waals surface area contributed by atoms with E-state index in [4.69, 9.17) is 4.74 Å². The molecule has 25 heavy (non-hydrogen) atoms. The van der Waals surface area contributed by atoms with Gasteiger partial charge in [0, 0.05) is 23.5 Å². The first-order valence-electron chi connectivity index (χ1n) is 8.45. The van der Waals surface area contributed by atoms with Crippen LogP contribution in [0, 0.1) is 0 Å². The monoisotopic (exact) mass is 337 g/mol. The summed E-state index contributed by atoms with van der Waals surface area (Å²) in [5.74, 6) is -1.18. The van der Waals surface area contributed by atoms with Crippen LogP contribution < -0.4 is 0 Å². The van der Waals surface area contributed by atoms with Gasteiger partial charge in [0.25, 0.3) is 5.91 Å². The summed E-state index contributed by atoms with van der Waals surface area (Å²) in [7, 11) is 0. The molecule has 0 bridgehead atoms. The summed E-state index contributed by atoms with van der Waals surface area (Å²) in [5.41, 5.74) is 0.658. The van der Waals surface area contributed by atoms with Crippen molar-refractivity contribution in [2.45, 2.75) is 31.0 Å². The van der Waals surface area contributed by atoms with Crippen LogP contribution in [0.1, 0.15) is 40.7 Å². The Labute approximate surface area is 145 Å². The van der Waals surface area contributed by atoms with Crippen LogP contribution in [0.5, 0.6) is 0 Å². The standard InChI is InChI=1S/C20H19NO4/c1-2-25-19(24)20-15-11-7-6-10-14(15)18(23)21(20)17(22)12-16(20)13-8-4-3-5-9-13/h3-11,16-17,22H,2,12H2,1H3/t16-,17+,20+/m1/s1. The quantitative estimate of drug-likeness (QED) is 0.874. The average Bonchev–Trinajstić information content (AvgIpc) is 3.09. The number of aliphatic hydroxyl groups is 1. The van der Waals surface area contributed by atoms with Crippen molar-refractivity contribution in [1.82, 2.24) is 4.90 Å². The highest BCUT2D eigenvalue weighted by atomic mass is 16.5. The molecule has 0 saturated carbocycles. The summed E-state index contributed by atoms with van der Waals surface area (Å²) in [4.78, 5) is 27.4. The Morgan fingerprint density at radius 3 is 2.60 bits per heavy atom. The minimum Gasteiger partial charge on any atom is -0.464 e. The number of carbonyl (C=O) groups excluding carboxylic acids is 2. The van der Waals surface area contributed by atoms with Gasteiger partial charge in [-0.15, -0.1) is 0 Å². The topological polar surface area (TPSA) is 66.8 Å². The second-order valence-corrected chi connectivity index (χ2v) is 6.39. The van der Waals surface area contributed by atoms with Gasteiger partial charge in [0.2, 0.25) is 0 Å². The first-order chi connectivity index (χ1) is 12.1. The third kappa shape index (κ3) is 1.99. The van der Waals surface area contributed by atoms with Crippen molar-refractivity contribution in [2.24, 2.45) is 0 Å². The average molecular weight is 337 g/mol. The van der Waals surface area contributed by atoms with E-state index in [-0.39, 0.29) is 18.4 Å². The van der Waals surface area contributed by atoms with Crippen LogP contribution in [-0.2, 0) is 15.1 Å². The Morgan fingerprint density at radius 2 is 1.88 bits per heavy atom. The number of ether oxygens (including phenoxy) is 1. The molecule has 2 heterocycles. The molecule has 128 valence electrons. The lowest BCUT2D eigenvalue weighted by atomic mass is 9.75. The van der Waals surface area contributed by atoms with E-state index in [1.54, 1.807) is 25.1 Å². The zero-order chi connectivity index (χ0) is 17.6. The van der Waals surface area contributed by atoms with Gasteiger partial charge in [-0.05, 0) is 18.6 Å².